The summed E-state index contributed by atoms with van der Waals surface area (Å²) >= 11 is 0. The Morgan fingerprint density at radius 1 is 1.12 bits per heavy atom. The van der Waals surface area contributed by atoms with Crippen LogP contribution in [-0.4, -0.2) is 17.9 Å². The first-order chi connectivity index (χ1) is 8.22. The second-order valence-electron chi connectivity index (χ2n) is 3.77. The number of hydrogen-bond acceptors (Lipinski definition) is 2. The lowest BCUT2D eigenvalue weighted by atomic mass is 10.1. The van der Waals surface area contributed by atoms with Crippen LogP contribution in [0.5, 0.6) is 0 Å². The summed E-state index contributed by atoms with van der Waals surface area (Å²) in [6, 6.07) is 13.6. The fourth-order valence-electron chi connectivity index (χ4n) is 1.71. The number of carbonyl (C=O) groups excluding carboxylic acids is 1. The Bertz CT molecular complexity index is 535. The van der Waals surface area contributed by atoms with Gasteiger partial charge in [-0.1, -0.05) is 30.3 Å². The van der Waals surface area contributed by atoms with Crippen molar-refractivity contribution in [2.45, 2.75) is 6.92 Å². The molecule has 1 N–H and O–H groups in total. The number of aromatic nitrogens is 1. The first-order valence-electron chi connectivity index (χ1n) is 5.47. The van der Waals surface area contributed by atoms with Crippen LogP contribution < -0.4 is 5.32 Å². The van der Waals surface area contributed by atoms with E-state index in [2.05, 4.69) is 10.3 Å². The third kappa shape index (κ3) is 2.33. The molecule has 0 spiro atoms. The Kier molecular flexibility index (Phi) is 3.19. The molecule has 0 radical (unpaired) electrons. The van der Waals surface area contributed by atoms with E-state index in [0.717, 1.165) is 17.0 Å². The molecule has 1 aromatic heterocycles. The van der Waals surface area contributed by atoms with Crippen molar-refractivity contribution in [2.24, 2.45) is 0 Å². The first kappa shape index (κ1) is 11.3. The normalized spacial score (nSPS) is 10.0. The summed E-state index contributed by atoms with van der Waals surface area (Å²) in [5, 5.41) is 2.60. The number of carbonyl (C=O) groups is 1. The molecule has 0 aliphatic heterocycles. The lowest BCUT2D eigenvalue weighted by Crippen LogP contribution is -2.19. The number of hydrogen-bond donors (Lipinski definition) is 1. The highest BCUT2D eigenvalue weighted by Gasteiger charge is 2.09. The fourth-order valence-corrected chi connectivity index (χ4v) is 1.71. The van der Waals surface area contributed by atoms with Crippen LogP contribution in [0, 0.1) is 6.92 Å². The minimum absolute atomic E-state index is 0.102. The Balaban J connectivity index is 2.41. The summed E-state index contributed by atoms with van der Waals surface area (Å²) < 4.78 is 0. The fraction of sp³-hybridized carbons (Fsp3) is 0.143. The first-order valence-corrected chi connectivity index (χ1v) is 5.47. The van der Waals surface area contributed by atoms with Crippen LogP contribution in [0.1, 0.15) is 16.1 Å². The maximum atomic E-state index is 11.5. The van der Waals surface area contributed by atoms with Gasteiger partial charge in [-0.2, -0.15) is 0 Å². The summed E-state index contributed by atoms with van der Waals surface area (Å²) in [6.45, 7) is 1.84. The molecule has 0 saturated heterocycles. The molecule has 2 rings (SSSR count). The molecule has 1 aromatic carbocycles. The third-order valence-corrected chi connectivity index (χ3v) is 2.63. The topological polar surface area (TPSA) is 42.0 Å². The van der Waals surface area contributed by atoms with Gasteiger partial charge in [-0.3, -0.25) is 9.78 Å². The van der Waals surface area contributed by atoms with Gasteiger partial charge in [0.05, 0.1) is 17.0 Å². The standard InChI is InChI=1S/C14H14N2O/c1-10-12(14(17)15-2)8-9-13(16-10)11-6-4-3-5-7-11/h3-9H,1-2H3,(H,15,17). The van der Waals surface area contributed by atoms with Crippen LogP contribution in [0.3, 0.4) is 0 Å². The van der Waals surface area contributed by atoms with Crippen molar-refractivity contribution in [2.75, 3.05) is 7.05 Å². The molecule has 17 heavy (non-hydrogen) atoms. The number of nitrogens with zero attached hydrogens (tertiary/aromatic N) is 1. The quantitative estimate of drug-likeness (QED) is 0.854. The Morgan fingerprint density at radius 3 is 2.41 bits per heavy atom. The highest BCUT2D eigenvalue weighted by molar-refractivity contribution is 5.95. The van der Waals surface area contributed by atoms with Gasteiger partial charge in [0.15, 0.2) is 0 Å². The number of aryl methyl sites for hydroxylation is 1. The summed E-state index contributed by atoms with van der Waals surface area (Å²) in [5.41, 5.74) is 3.30. The van der Waals surface area contributed by atoms with Gasteiger partial charge in [-0.15, -0.1) is 0 Å². The van der Waals surface area contributed by atoms with Crippen LogP contribution in [0.4, 0.5) is 0 Å². The van der Waals surface area contributed by atoms with Crippen LogP contribution in [-0.2, 0) is 0 Å². The molecule has 0 fully saturated rings. The van der Waals surface area contributed by atoms with Gasteiger partial charge in [0.25, 0.3) is 5.91 Å². The van der Waals surface area contributed by atoms with E-state index < -0.39 is 0 Å². The molecule has 0 saturated carbocycles. The van der Waals surface area contributed by atoms with E-state index in [-0.39, 0.29) is 5.91 Å². The van der Waals surface area contributed by atoms with Gasteiger partial charge in [-0.05, 0) is 19.1 Å². The largest absolute Gasteiger partial charge is 0.355 e. The van der Waals surface area contributed by atoms with E-state index in [1.54, 1.807) is 7.05 Å². The molecular formula is C14H14N2O. The van der Waals surface area contributed by atoms with Gasteiger partial charge >= 0.3 is 0 Å². The van der Waals surface area contributed by atoms with Crippen LogP contribution >= 0.6 is 0 Å². The van der Waals surface area contributed by atoms with Crippen LogP contribution in [0.2, 0.25) is 0 Å². The zero-order valence-corrected chi connectivity index (χ0v) is 9.90. The number of nitrogens with one attached hydrogen (secondary N) is 1. The minimum atomic E-state index is -0.102. The summed E-state index contributed by atoms with van der Waals surface area (Å²) in [5.74, 6) is -0.102. The Morgan fingerprint density at radius 2 is 1.82 bits per heavy atom. The number of pyridine rings is 1. The summed E-state index contributed by atoms with van der Waals surface area (Å²) in [6.07, 6.45) is 0. The van der Waals surface area contributed by atoms with Crippen molar-refractivity contribution >= 4 is 5.91 Å². The molecule has 0 bridgehead atoms. The zero-order chi connectivity index (χ0) is 12.3. The number of benzene rings is 1. The highest BCUT2D eigenvalue weighted by Crippen LogP contribution is 2.18. The third-order valence-electron chi connectivity index (χ3n) is 2.63. The second-order valence-corrected chi connectivity index (χ2v) is 3.77. The predicted octanol–water partition coefficient (Wildman–Crippen LogP) is 2.42. The van der Waals surface area contributed by atoms with Crippen molar-refractivity contribution in [3.05, 3.63) is 53.7 Å². The highest BCUT2D eigenvalue weighted by atomic mass is 16.1. The average Bonchev–Trinajstić information content (AvgIpc) is 2.39. The number of amides is 1. The smallest absolute Gasteiger partial charge is 0.252 e. The maximum absolute atomic E-state index is 11.5. The molecule has 2 aromatic rings. The van der Waals surface area contributed by atoms with E-state index in [0.29, 0.717) is 5.56 Å². The summed E-state index contributed by atoms with van der Waals surface area (Å²) in [4.78, 5) is 16.0. The molecule has 0 aliphatic carbocycles. The average molecular weight is 226 g/mol. The SMILES string of the molecule is CNC(=O)c1ccc(-c2ccccc2)nc1C. The molecule has 0 unspecified atom stereocenters. The molecule has 0 aliphatic rings. The van der Waals surface area contributed by atoms with Crippen molar-refractivity contribution in [3.63, 3.8) is 0 Å². The van der Waals surface area contributed by atoms with Crippen molar-refractivity contribution in [1.29, 1.82) is 0 Å². The Hall–Kier alpha value is -2.16. The lowest BCUT2D eigenvalue weighted by Gasteiger charge is -2.06. The molecule has 3 nitrogen and oxygen atoms in total. The molecule has 0 atom stereocenters. The van der Waals surface area contributed by atoms with Gasteiger partial charge < -0.3 is 5.32 Å². The monoisotopic (exact) mass is 226 g/mol. The zero-order valence-electron chi connectivity index (χ0n) is 9.90. The molecule has 1 amide bonds. The Labute approximate surface area is 101 Å². The van der Waals surface area contributed by atoms with E-state index in [4.69, 9.17) is 0 Å². The maximum Gasteiger partial charge on any atom is 0.252 e. The minimum Gasteiger partial charge on any atom is -0.355 e. The van der Waals surface area contributed by atoms with Crippen LogP contribution in [0.25, 0.3) is 11.3 Å². The van der Waals surface area contributed by atoms with Gasteiger partial charge in [0.1, 0.15) is 0 Å². The lowest BCUT2D eigenvalue weighted by molar-refractivity contribution is 0.0962. The van der Waals surface area contributed by atoms with Crippen molar-refractivity contribution in [3.8, 4) is 11.3 Å². The molecule has 1 heterocycles. The van der Waals surface area contributed by atoms with Crippen molar-refractivity contribution in [1.82, 2.24) is 10.3 Å². The van der Waals surface area contributed by atoms with Crippen LogP contribution in [0.15, 0.2) is 42.5 Å². The predicted molar refractivity (Wildman–Crippen MR) is 67.8 cm³/mol. The molecule has 86 valence electrons. The van der Waals surface area contributed by atoms with E-state index in [1.165, 1.54) is 0 Å². The van der Waals surface area contributed by atoms with Gasteiger partial charge in [0.2, 0.25) is 0 Å². The number of rotatable bonds is 2. The van der Waals surface area contributed by atoms with E-state index in [1.807, 2.05) is 49.4 Å². The molecular weight excluding hydrogens is 212 g/mol. The van der Waals surface area contributed by atoms with Crippen molar-refractivity contribution < 1.29 is 4.79 Å². The van der Waals surface area contributed by atoms with Gasteiger partial charge in [-0.25, -0.2) is 0 Å². The van der Waals surface area contributed by atoms with E-state index >= 15 is 0 Å². The second kappa shape index (κ2) is 4.78. The van der Waals surface area contributed by atoms with E-state index in [9.17, 15) is 4.79 Å². The summed E-state index contributed by atoms with van der Waals surface area (Å²) in [7, 11) is 1.62. The van der Waals surface area contributed by atoms with Gasteiger partial charge in [0, 0.05) is 12.6 Å². The molecule has 3 heteroatoms.